The van der Waals surface area contributed by atoms with Crippen LogP contribution in [0.15, 0.2) is 18.2 Å². The number of hydrogen-bond acceptors (Lipinski definition) is 0. The maximum absolute atomic E-state index is 13.0. The van der Waals surface area contributed by atoms with Crippen molar-refractivity contribution in [1.82, 2.24) is 0 Å². The third-order valence-corrected chi connectivity index (χ3v) is 2.10. The lowest BCUT2D eigenvalue weighted by molar-refractivity contribution is 0.608. The van der Waals surface area contributed by atoms with Gasteiger partial charge in [0.1, 0.15) is 5.82 Å². The normalized spacial score (nSPS) is 10.2. The van der Waals surface area contributed by atoms with Gasteiger partial charge in [-0.15, -0.1) is 11.6 Å². The van der Waals surface area contributed by atoms with Gasteiger partial charge in [-0.1, -0.05) is 17.7 Å². The van der Waals surface area contributed by atoms with Crippen LogP contribution in [0.25, 0.3) is 0 Å². The lowest BCUT2D eigenvalue weighted by Gasteiger charge is -2.00. The summed E-state index contributed by atoms with van der Waals surface area (Å²) in [5.41, 5.74) is 0.681. The molecule has 0 amide bonds. The van der Waals surface area contributed by atoms with Gasteiger partial charge in [0.15, 0.2) is 0 Å². The number of halogens is 3. The average Bonchev–Trinajstić information content (AvgIpc) is 2.03. The van der Waals surface area contributed by atoms with Crippen molar-refractivity contribution in [2.75, 3.05) is 5.88 Å². The SMILES string of the molecule is Fc1cc(Cl)ccc1CCCCl. The molecule has 0 N–H and O–H groups in total. The van der Waals surface area contributed by atoms with E-state index in [0.717, 1.165) is 6.42 Å². The zero-order valence-electron chi connectivity index (χ0n) is 6.49. The Morgan fingerprint density at radius 2 is 2.08 bits per heavy atom. The molecular formula is C9H9Cl2F. The van der Waals surface area contributed by atoms with Crippen molar-refractivity contribution < 1.29 is 4.39 Å². The van der Waals surface area contributed by atoms with Crippen molar-refractivity contribution in [3.63, 3.8) is 0 Å². The molecule has 0 aliphatic carbocycles. The first-order chi connectivity index (χ1) is 5.74. The van der Waals surface area contributed by atoms with Crippen molar-refractivity contribution in [2.45, 2.75) is 12.8 Å². The van der Waals surface area contributed by atoms with E-state index in [4.69, 9.17) is 23.2 Å². The fraction of sp³-hybridized carbons (Fsp3) is 0.333. The number of aryl methyl sites for hydroxylation is 1. The molecule has 66 valence electrons. The summed E-state index contributed by atoms with van der Waals surface area (Å²) < 4.78 is 13.0. The minimum absolute atomic E-state index is 0.243. The smallest absolute Gasteiger partial charge is 0.127 e. The minimum Gasteiger partial charge on any atom is -0.207 e. The lowest BCUT2D eigenvalue weighted by Crippen LogP contribution is -1.90. The van der Waals surface area contributed by atoms with E-state index in [2.05, 4.69) is 0 Å². The summed E-state index contributed by atoms with van der Waals surface area (Å²) in [5, 5.41) is 0.433. The van der Waals surface area contributed by atoms with Gasteiger partial charge in [-0.2, -0.15) is 0 Å². The van der Waals surface area contributed by atoms with Crippen molar-refractivity contribution in [3.8, 4) is 0 Å². The Morgan fingerprint density at radius 3 is 2.67 bits per heavy atom. The van der Waals surface area contributed by atoms with Crippen LogP contribution in [-0.4, -0.2) is 5.88 Å². The predicted molar refractivity (Wildman–Crippen MR) is 50.5 cm³/mol. The summed E-state index contributed by atoms with van der Waals surface area (Å²) in [6.07, 6.45) is 1.46. The standard InChI is InChI=1S/C9H9Cl2F/c10-5-1-2-7-3-4-8(11)6-9(7)12/h3-4,6H,1-2,5H2. The summed E-state index contributed by atoms with van der Waals surface area (Å²) in [5.74, 6) is 0.315. The molecule has 0 radical (unpaired) electrons. The molecule has 0 aliphatic heterocycles. The van der Waals surface area contributed by atoms with E-state index in [1.807, 2.05) is 0 Å². The Morgan fingerprint density at radius 1 is 1.33 bits per heavy atom. The second-order valence-electron chi connectivity index (χ2n) is 2.53. The van der Waals surface area contributed by atoms with Gasteiger partial charge in [0.2, 0.25) is 0 Å². The molecule has 0 nitrogen and oxygen atoms in total. The molecule has 0 bridgehead atoms. The first-order valence-electron chi connectivity index (χ1n) is 3.74. The Balaban J connectivity index is 2.72. The Hall–Kier alpha value is -0.270. The fourth-order valence-corrected chi connectivity index (χ4v) is 1.27. The minimum atomic E-state index is -0.243. The van der Waals surface area contributed by atoms with Crippen LogP contribution in [0.1, 0.15) is 12.0 Å². The molecule has 1 rings (SSSR count). The van der Waals surface area contributed by atoms with E-state index in [1.54, 1.807) is 12.1 Å². The van der Waals surface area contributed by atoms with Crippen molar-refractivity contribution >= 4 is 23.2 Å². The first-order valence-corrected chi connectivity index (χ1v) is 4.65. The number of benzene rings is 1. The van der Waals surface area contributed by atoms with E-state index < -0.39 is 0 Å². The third-order valence-electron chi connectivity index (χ3n) is 1.59. The monoisotopic (exact) mass is 206 g/mol. The van der Waals surface area contributed by atoms with Crippen LogP contribution >= 0.6 is 23.2 Å². The molecule has 3 heteroatoms. The van der Waals surface area contributed by atoms with Gasteiger partial charge in [0.05, 0.1) is 0 Å². The summed E-state index contributed by atoms with van der Waals surface area (Å²) >= 11 is 11.1. The second-order valence-corrected chi connectivity index (χ2v) is 3.34. The molecule has 0 aromatic heterocycles. The highest BCUT2D eigenvalue weighted by Gasteiger charge is 2.01. The van der Waals surface area contributed by atoms with Crippen molar-refractivity contribution in [3.05, 3.63) is 34.6 Å². The molecule has 0 spiro atoms. The number of hydrogen-bond donors (Lipinski definition) is 0. The van der Waals surface area contributed by atoms with E-state index in [9.17, 15) is 4.39 Å². The van der Waals surface area contributed by atoms with E-state index in [1.165, 1.54) is 6.07 Å². The molecule has 0 fully saturated rings. The van der Waals surface area contributed by atoms with Crippen LogP contribution < -0.4 is 0 Å². The predicted octanol–water partition coefficient (Wildman–Crippen LogP) is 3.65. The van der Waals surface area contributed by atoms with Crippen molar-refractivity contribution in [1.29, 1.82) is 0 Å². The van der Waals surface area contributed by atoms with Gasteiger partial charge < -0.3 is 0 Å². The summed E-state index contributed by atoms with van der Waals surface area (Å²) in [7, 11) is 0. The molecule has 1 aromatic carbocycles. The highest BCUT2D eigenvalue weighted by molar-refractivity contribution is 6.30. The quantitative estimate of drug-likeness (QED) is 0.663. The van der Waals surface area contributed by atoms with Gasteiger partial charge in [-0.3, -0.25) is 0 Å². The van der Waals surface area contributed by atoms with Gasteiger partial charge in [-0.05, 0) is 30.5 Å². The average molecular weight is 207 g/mol. The van der Waals surface area contributed by atoms with E-state index in [0.29, 0.717) is 22.9 Å². The van der Waals surface area contributed by atoms with Gasteiger partial charge in [0.25, 0.3) is 0 Å². The Bertz CT molecular complexity index is 261. The van der Waals surface area contributed by atoms with Crippen LogP contribution in [-0.2, 0) is 6.42 Å². The molecule has 0 unspecified atom stereocenters. The first kappa shape index (κ1) is 9.82. The molecular weight excluding hydrogens is 198 g/mol. The number of rotatable bonds is 3. The summed E-state index contributed by atoms with van der Waals surface area (Å²) in [6, 6.07) is 4.71. The molecule has 12 heavy (non-hydrogen) atoms. The lowest BCUT2D eigenvalue weighted by atomic mass is 10.1. The zero-order chi connectivity index (χ0) is 8.97. The molecule has 0 saturated heterocycles. The third kappa shape index (κ3) is 2.65. The fourth-order valence-electron chi connectivity index (χ4n) is 0.982. The largest absolute Gasteiger partial charge is 0.207 e. The molecule has 0 aliphatic rings. The maximum Gasteiger partial charge on any atom is 0.127 e. The van der Waals surface area contributed by atoms with Crippen LogP contribution in [0, 0.1) is 5.82 Å². The highest BCUT2D eigenvalue weighted by Crippen LogP contribution is 2.15. The molecule has 0 heterocycles. The van der Waals surface area contributed by atoms with Crippen LogP contribution in [0.4, 0.5) is 4.39 Å². The molecule has 1 aromatic rings. The molecule has 0 saturated carbocycles. The summed E-state index contributed by atoms with van der Waals surface area (Å²) in [4.78, 5) is 0. The van der Waals surface area contributed by atoms with Crippen molar-refractivity contribution in [2.24, 2.45) is 0 Å². The van der Waals surface area contributed by atoms with Gasteiger partial charge in [0, 0.05) is 10.9 Å². The van der Waals surface area contributed by atoms with Crippen LogP contribution in [0.5, 0.6) is 0 Å². The van der Waals surface area contributed by atoms with Crippen LogP contribution in [0.2, 0.25) is 5.02 Å². The van der Waals surface area contributed by atoms with E-state index in [-0.39, 0.29) is 5.82 Å². The Labute approximate surface area is 81.3 Å². The van der Waals surface area contributed by atoms with Gasteiger partial charge in [-0.25, -0.2) is 4.39 Å². The Kier molecular flexibility index (Phi) is 3.83. The topological polar surface area (TPSA) is 0 Å². The summed E-state index contributed by atoms with van der Waals surface area (Å²) in [6.45, 7) is 0. The highest BCUT2D eigenvalue weighted by atomic mass is 35.5. The second kappa shape index (κ2) is 4.68. The zero-order valence-corrected chi connectivity index (χ0v) is 8.00. The maximum atomic E-state index is 13.0. The van der Waals surface area contributed by atoms with Crippen LogP contribution in [0.3, 0.4) is 0 Å². The van der Waals surface area contributed by atoms with E-state index >= 15 is 0 Å². The van der Waals surface area contributed by atoms with Gasteiger partial charge >= 0.3 is 0 Å². The number of alkyl halides is 1. The molecule has 0 atom stereocenters.